The molecule has 0 unspecified atom stereocenters. The molecular formula is C12H8ClF3O3. The fraction of sp³-hybridized carbons (Fsp3) is 0.250. The topological polar surface area (TPSA) is 46.5 Å². The van der Waals surface area contributed by atoms with E-state index in [2.05, 4.69) is 0 Å². The van der Waals surface area contributed by atoms with Crippen LogP contribution in [0.1, 0.15) is 11.1 Å². The van der Waals surface area contributed by atoms with Gasteiger partial charge in [0.25, 0.3) is 0 Å². The van der Waals surface area contributed by atoms with Crippen molar-refractivity contribution in [2.45, 2.75) is 19.2 Å². The van der Waals surface area contributed by atoms with Gasteiger partial charge >= 0.3 is 12.1 Å². The molecule has 2 rings (SSSR count). The summed E-state index contributed by atoms with van der Waals surface area (Å²) in [5.74, 6) is -1.68. The molecule has 0 aromatic heterocycles. The molecule has 0 bridgehead atoms. The van der Waals surface area contributed by atoms with Crippen molar-refractivity contribution in [3.05, 3.63) is 33.9 Å². The summed E-state index contributed by atoms with van der Waals surface area (Å²) in [5.41, 5.74) is -0.220. The number of alkyl halides is 3. The van der Waals surface area contributed by atoms with Gasteiger partial charge in [-0.05, 0) is 30.7 Å². The number of fused-ring (bicyclic) bond motifs is 1. The summed E-state index contributed by atoms with van der Waals surface area (Å²) >= 11 is 5.78. The number of benzene rings is 1. The highest BCUT2D eigenvalue weighted by atomic mass is 35.5. The van der Waals surface area contributed by atoms with Crippen molar-refractivity contribution in [3.63, 3.8) is 0 Å². The SMILES string of the molecule is Cc1cc(Cl)cc2c1O[C@@H](C(F)(F)F)C(C(=O)O)=C2. The number of carboxylic acid groups (broad SMARTS) is 1. The predicted molar refractivity (Wildman–Crippen MR) is 62.3 cm³/mol. The monoisotopic (exact) mass is 292 g/mol. The molecule has 0 fully saturated rings. The minimum atomic E-state index is -4.80. The third-order valence-corrected chi connectivity index (χ3v) is 2.86. The molecule has 0 saturated heterocycles. The summed E-state index contributed by atoms with van der Waals surface area (Å²) in [6.45, 7) is 1.54. The first-order valence-corrected chi connectivity index (χ1v) is 5.56. The Labute approximate surface area is 111 Å². The van der Waals surface area contributed by atoms with Crippen LogP contribution in [0.15, 0.2) is 17.7 Å². The van der Waals surface area contributed by atoms with Crippen molar-refractivity contribution in [1.29, 1.82) is 0 Å². The third-order valence-electron chi connectivity index (χ3n) is 2.64. The molecule has 1 atom stereocenters. The van der Waals surface area contributed by atoms with Crippen molar-refractivity contribution in [3.8, 4) is 5.75 Å². The number of carbonyl (C=O) groups is 1. The van der Waals surface area contributed by atoms with E-state index in [-0.39, 0.29) is 11.3 Å². The fourth-order valence-corrected chi connectivity index (χ4v) is 2.15. The number of aliphatic carboxylic acids is 1. The molecule has 1 N–H and O–H groups in total. The molecule has 0 radical (unpaired) electrons. The van der Waals surface area contributed by atoms with E-state index in [1.165, 1.54) is 19.1 Å². The predicted octanol–water partition coefficient (Wildman–Crippen LogP) is 3.44. The Morgan fingerprint density at radius 1 is 1.42 bits per heavy atom. The van der Waals surface area contributed by atoms with Crippen LogP contribution in [0.25, 0.3) is 6.08 Å². The molecular weight excluding hydrogens is 285 g/mol. The minimum absolute atomic E-state index is 0.00303. The Hall–Kier alpha value is -1.69. The number of hydrogen-bond acceptors (Lipinski definition) is 2. The number of hydrogen-bond donors (Lipinski definition) is 1. The normalized spacial score (nSPS) is 18.4. The van der Waals surface area contributed by atoms with E-state index in [0.717, 1.165) is 6.08 Å². The highest BCUT2D eigenvalue weighted by Crippen LogP contribution is 2.40. The second-order valence-electron chi connectivity index (χ2n) is 4.09. The van der Waals surface area contributed by atoms with Gasteiger partial charge in [0.2, 0.25) is 6.10 Å². The molecule has 1 heterocycles. The summed E-state index contributed by atoms with van der Waals surface area (Å²) in [6.07, 6.45) is -6.33. The van der Waals surface area contributed by atoms with Crippen LogP contribution in [0, 0.1) is 6.92 Å². The Morgan fingerprint density at radius 3 is 2.58 bits per heavy atom. The zero-order valence-electron chi connectivity index (χ0n) is 9.58. The number of halogens is 4. The number of ether oxygens (including phenoxy) is 1. The molecule has 0 aliphatic carbocycles. The van der Waals surface area contributed by atoms with Crippen molar-refractivity contribution < 1.29 is 27.8 Å². The summed E-state index contributed by atoms with van der Waals surface area (Å²) in [4.78, 5) is 10.9. The summed E-state index contributed by atoms with van der Waals surface area (Å²) in [7, 11) is 0. The van der Waals surface area contributed by atoms with Gasteiger partial charge in [0.15, 0.2) is 0 Å². The Kier molecular flexibility index (Phi) is 3.22. The lowest BCUT2D eigenvalue weighted by Crippen LogP contribution is -2.40. The lowest BCUT2D eigenvalue weighted by atomic mass is 9.99. The van der Waals surface area contributed by atoms with Crippen LogP contribution in [0.2, 0.25) is 5.02 Å². The standard InChI is InChI=1S/C12H8ClF3O3/c1-5-2-7(13)3-6-4-8(11(17)18)10(12(14,15)16)19-9(5)6/h2-4,10H,1H3,(H,17,18)/t10-/m1/s1. The first kappa shape index (κ1) is 13.7. The molecule has 3 nitrogen and oxygen atoms in total. The van der Waals surface area contributed by atoms with Crippen LogP contribution in [0.5, 0.6) is 5.75 Å². The molecule has 7 heteroatoms. The summed E-state index contributed by atoms with van der Waals surface area (Å²) in [6, 6.07) is 2.81. The van der Waals surface area contributed by atoms with Gasteiger partial charge < -0.3 is 9.84 Å². The highest BCUT2D eigenvalue weighted by molar-refractivity contribution is 6.30. The maximum atomic E-state index is 12.8. The van der Waals surface area contributed by atoms with E-state index in [4.69, 9.17) is 21.4 Å². The van der Waals surface area contributed by atoms with Crippen molar-refractivity contribution >= 4 is 23.6 Å². The van der Waals surface area contributed by atoms with Crippen LogP contribution in [-0.2, 0) is 4.79 Å². The zero-order chi connectivity index (χ0) is 14.4. The maximum Gasteiger partial charge on any atom is 0.430 e. The van der Waals surface area contributed by atoms with Gasteiger partial charge in [0, 0.05) is 10.6 Å². The van der Waals surface area contributed by atoms with Gasteiger partial charge in [-0.1, -0.05) is 11.6 Å². The minimum Gasteiger partial charge on any atom is -0.478 e. The quantitative estimate of drug-likeness (QED) is 0.862. The lowest BCUT2D eigenvalue weighted by molar-refractivity contribution is -0.187. The molecule has 1 aliphatic rings. The second-order valence-corrected chi connectivity index (χ2v) is 4.52. The van der Waals surface area contributed by atoms with E-state index in [0.29, 0.717) is 10.6 Å². The second kappa shape index (κ2) is 4.45. The van der Waals surface area contributed by atoms with E-state index < -0.39 is 23.8 Å². The smallest absolute Gasteiger partial charge is 0.430 e. The average molecular weight is 293 g/mol. The average Bonchev–Trinajstić information content (AvgIpc) is 2.25. The van der Waals surface area contributed by atoms with Crippen molar-refractivity contribution in [2.24, 2.45) is 0 Å². The van der Waals surface area contributed by atoms with Gasteiger partial charge in [-0.2, -0.15) is 13.2 Å². The largest absolute Gasteiger partial charge is 0.478 e. The van der Waals surface area contributed by atoms with Crippen LogP contribution in [0.4, 0.5) is 13.2 Å². The first-order valence-electron chi connectivity index (χ1n) is 5.18. The van der Waals surface area contributed by atoms with Gasteiger partial charge in [-0.25, -0.2) is 4.79 Å². The zero-order valence-corrected chi connectivity index (χ0v) is 10.3. The third kappa shape index (κ3) is 2.53. The van der Waals surface area contributed by atoms with Crippen molar-refractivity contribution in [2.75, 3.05) is 0 Å². The van der Waals surface area contributed by atoms with Gasteiger partial charge in [0.05, 0.1) is 5.57 Å². The molecule has 19 heavy (non-hydrogen) atoms. The number of aryl methyl sites for hydroxylation is 1. The Balaban J connectivity index is 2.61. The Bertz CT molecular complexity index is 578. The van der Waals surface area contributed by atoms with Crippen LogP contribution < -0.4 is 4.74 Å². The van der Waals surface area contributed by atoms with Gasteiger partial charge in [-0.15, -0.1) is 0 Å². The molecule has 1 aromatic carbocycles. The van der Waals surface area contributed by atoms with Gasteiger partial charge in [-0.3, -0.25) is 0 Å². The molecule has 0 spiro atoms. The summed E-state index contributed by atoms with van der Waals surface area (Å²) < 4.78 is 43.2. The number of rotatable bonds is 1. The van der Waals surface area contributed by atoms with E-state index in [9.17, 15) is 18.0 Å². The molecule has 1 aliphatic heterocycles. The molecule has 0 saturated carbocycles. The fourth-order valence-electron chi connectivity index (χ4n) is 1.87. The van der Waals surface area contributed by atoms with Crippen molar-refractivity contribution in [1.82, 2.24) is 0 Å². The van der Waals surface area contributed by atoms with E-state index in [1.807, 2.05) is 0 Å². The molecule has 1 aromatic rings. The van der Waals surface area contributed by atoms with Crippen LogP contribution in [0.3, 0.4) is 0 Å². The van der Waals surface area contributed by atoms with E-state index in [1.54, 1.807) is 0 Å². The van der Waals surface area contributed by atoms with E-state index >= 15 is 0 Å². The molecule has 0 amide bonds. The maximum absolute atomic E-state index is 12.8. The van der Waals surface area contributed by atoms with Crippen LogP contribution >= 0.6 is 11.6 Å². The van der Waals surface area contributed by atoms with Gasteiger partial charge in [0.1, 0.15) is 5.75 Å². The Morgan fingerprint density at radius 2 is 2.05 bits per heavy atom. The number of carboxylic acids is 1. The first-order chi connectivity index (χ1) is 8.70. The highest BCUT2D eigenvalue weighted by Gasteiger charge is 2.48. The van der Waals surface area contributed by atoms with Crippen LogP contribution in [-0.4, -0.2) is 23.4 Å². The molecule has 102 valence electrons. The lowest BCUT2D eigenvalue weighted by Gasteiger charge is -2.28. The summed E-state index contributed by atoms with van der Waals surface area (Å²) in [5, 5.41) is 9.15.